The van der Waals surface area contributed by atoms with Crippen molar-refractivity contribution in [1.29, 1.82) is 0 Å². The molecule has 0 spiro atoms. The van der Waals surface area contributed by atoms with E-state index in [1.807, 2.05) is 0 Å². The van der Waals surface area contributed by atoms with Crippen LogP contribution in [-0.2, 0) is 14.2 Å². The van der Waals surface area contributed by atoms with Gasteiger partial charge in [0.15, 0.2) is 18.6 Å². The molecule has 1 aliphatic rings. The number of carbonyl (C=O) groups is 2. The second-order valence-corrected chi connectivity index (χ2v) is 5.71. The van der Waals surface area contributed by atoms with Crippen molar-refractivity contribution in [2.45, 2.75) is 24.7 Å². The summed E-state index contributed by atoms with van der Waals surface area (Å²) in [6.07, 6.45) is -6.20. The first-order valence-electron chi connectivity index (χ1n) is 8.02. The summed E-state index contributed by atoms with van der Waals surface area (Å²) in [6, 6.07) is 16.3. The Morgan fingerprint density at radius 3 is 2.08 bits per heavy atom. The van der Waals surface area contributed by atoms with Crippen molar-refractivity contribution in [2.75, 3.05) is 6.61 Å². The van der Waals surface area contributed by atoms with Crippen LogP contribution in [0.15, 0.2) is 60.7 Å². The predicted octanol–water partition coefficient (Wildman–Crippen LogP) is 2.12. The number of aliphatic hydroxyl groups is 1. The van der Waals surface area contributed by atoms with E-state index >= 15 is 0 Å². The third-order valence-corrected chi connectivity index (χ3v) is 3.91. The fraction of sp³-hybridized carbons (Fsp3) is 0.263. The predicted molar refractivity (Wildman–Crippen MR) is 88.1 cm³/mol. The summed E-state index contributed by atoms with van der Waals surface area (Å²) in [5.41, 5.74) is 0.557. The zero-order valence-corrected chi connectivity index (χ0v) is 13.7. The van der Waals surface area contributed by atoms with E-state index in [-0.39, 0.29) is 12.2 Å². The lowest BCUT2D eigenvalue weighted by Crippen LogP contribution is -2.37. The standard InChI is InChI=1S/C19H17FO6/c20-15-16(26-18(22)13-9-5-2-6-10-13)14(25-19(15)23)11-24-17(21)12-7-3-1-4-8-12/h1-10,14-16,19,23H,11H2/t14-,15-,16?,19-/m0/s1. The highest BCUT2D eigenvalue weighted by Crippen LogP contribution is 2.26. The second-order valence-electron chi connectivity index (χ2n) is 5.71. The lowest BCUT2D eigenvalue weighted by atomic mass is 10.1. The Bertz CT molecular complexity index is 751. The quantitative estimate of drug-likeness (QED) is 0.823. The summed E-state index contributed by atoms with van der Waals surface area (Å²) in [6.45, 7) is -0.363. The fourth-order valence-electron chi connectivity index (χ4n) is 2.56. The van der Waals surface area contributed by atoms with E-state index in [2.05, 4.69) is 0 Å². The Hall–Kier alpha value is -2.77. The van der Waals surface area contributed by atoms with Gasteiger partial charge in [-0.2, -0.15) is 0 Å². The normalized spacial score (nSPS) is 24.8. The fourth-order valence-corrected chi connectivity index (χ4v) is 2.56. The summed E-state index contributed by atoms with van der Waals surface area (Å²) in [5, 5.41) is 9.58. The molecule has 1 unspecified atom stereocenters. The Morgan fingerprint density at radius 2 is 1.50 bits per heavy atom. The number of hydrogen-bond donors (Lipinski definition) is 1. The van der Waals surface area contributed by atoms with Gasteiger partial charge < -0.3 is 19.3 Å². The van der Waals surface area contributed by atoms with E-state index in [9.17, 15) is 19.1 Å². The molecule has 1 heterocycles. The molecule has 2 aromatic rings. The molecule has 4 atom stereocenters. The van der Waals surface area contributed by atoms with Gasteiger partial charge >= 0.3 is 11.9 Å². The summed E-state index contributed by atoms with van der Waals surface area (Å²) in [4.78, 5) is 24.1. The zero-order chi connectivity index (χ0) is 18.5. The van der Waals surface area contributed by atoms with Gasteiger partial charge in [0, 0.05) is 0 Å². The monoisotopic (exact) mass is 360 g/mol. The smallest absolute Gasteiger partial charge is 0.338 e. The molecule has 1 aliphatic heterocycles. The number of hydrogen-bond acceptors (Lipinski definition) is 6. The van der Waals surface area contributed by atoms with Crippen LogP contribution in [-0.4, -0.2) is 48.3 Å². The average Bonchev–Trinajstić information content (AvgIpc) is 2.95. The third-order valence-electron chi connectivity index (χ3n) is 3.91. The van der Waals surface area contributed by atoms with Crippen molar-refractivity contribution < 1.29 is 33.3 Å². The van der Waals surface area contributed by atoms with Gasteiger partial charge in [-0.05, 0) is 24.3 Å². The zero-order valence-electron chi connectivity index (χ0n) is 13.7. The minimum absolute atomic E-state index is 0.237. The molecule has 1 fully saturated rings. The molecule has 1 N–H and O–H groups in total. The van der Waals surface area contributed by atoms with Crippen LogP contribution >= 0.6 is 0 Å². The van der Waals surface area contributed by atoms with Gasteiger partial charge in [0.05, 0.1) is 11.1 Å². The van der Waals surface area contributed by atoms with Crippen LogP contribution in [0.5, 0.6) is 0 Å². The summed E-state index contributed by atoms with van der Waals surface area (Å²) in [5.74, 6) is -1.38. The van der Waals surface area contributed by atoms with Crippen LogP contribution in [0.2, 0.25) is 0 Å². The van der Waals surface area contributed by atoms with Gasteiger partial charge in [-0.3, -0.25) is 0 Å². The minimum Gasteiger partial charge on any atom is -0.459 e. The number of halogens is 1. The van der Waals surface area contributed by atoms with E-state index < -0.39 is 36.6 Å². The summed E-state index contributed by atoms with van der Waals surface area (Å²) >= 11 is 0. The highest BCUT2D eigenvalue weighted by molar-refractivity contribution is 5.90. The van der Waals surface area contributed by atoms with E-state index in [0.29, 0.717) is 5.56 Å². The van der Waals surface area contributed by atoms with Crippen LogP contribution in [0.3, 0.4) is 0 Å². The highest BCUT2D eigenvalue weighted by atomic mass is 19.1. The lowest BCUT2D eigenvalue weighted by Gasteiger charge is -2.19. The van der Waals surface area contributed by atoms with Crippen molar-refractivity contribution in [3.05, 3.63) is 71.8 Å². The third kappa shape index (κ3) is 4.07. The van der Waals surface area contributed by atoms with Crippen molar-refractivity contribution in [3.63, 3.8) is 0 Å². The van der Waals surface area contributed by atoms with Crippen LogP contribution in [0.25, 0.3) is 0 Å². The van der Waals surface area contributed by atoms with Gasteiger partial charge in [-0.25, -0.2) is 14.0 Å². The number of ether oxygens (including phenoxy) is 3. The Morgan fingerprint density at radius 1 is 0.962 bits per heavy atom. The molecule has 0 aliphatic carbocycles. The van der Waals surface area contributed by atoms with Crippen LogP contribution in [0.1, 0.15) is 20.7 Å². The number of carbonyl (C=O) groups excluding carboxylic acids is 2. The average molecular weight is 360 g/mol. The van der Waals surface area contributed by atoms with Crippen molar-refractivity contribution in [1.82, 2.24) is 0 Å². The molecule has 0 radical (unpaired) electrons. The van der Waals surface area contributed by atoms with Crippen LogP contribution in [0.4, 0.5) is 4.39 Å². The summed E-state index contributed by atoms with van der Waals surface area (Å²) in [7, 11) is 0. The topological polar surface area (TPSA) is 82.1 Å². The molecule has 7 heteroatoms. The van der Waals surface area contributed by atoms with Gasteiger partial charge in [0.25, 0.3) is 0 Å². The molecule has 3 rings (SSSR count). The van der Waals surface area contributed by atoms with Crippen molar-refractivity contribution in [3.8, 4) is 0 Å². The second kappa shape index (κ2) is 8.07. The summed E-state index contributed by atoms with van der Waals surface area (Å²) < 4.78 is 29.4. The molecule has 26 heavy (non-hydrogen) atoms. The van der Waals surface area contributed by atoms with Gasteiger partial charge in [-0.15, -0.1) is 0 Å². The molecule has 0 saturated carbocycles. The number of rotatable bonds is 5. The molecule has 136 valence electrons. The van der Waals surface area contributed by atoms with E-state index in [1.54, 1.807) is 48.5 Å². The number of esters is 2. The Labute approximate surface area is 149 Å². The first-order valence-corrected chi connectivity index (χ1v) is 8.02. The maximum atomic E-state index is 14.2. The molecular formula is C19H17FO6. The molecule has 0 bridgehead atoms. The Kier molecular flexibility index (Phi) is 5.60. The number of benzene rings is 2. The van der Waals surface area contributed by atoms with Gasteiger partial charge in [0.1, 0.15) is 12.7 Å². The number of aliphatic hydroxyl groups excluding tert-OH is 1. The first-order chi connectivity index (χ1) is 12.6. The van der Waals surface area contributed by atoms with Crippen LogP contribution in [0, 0.1) is 0 Å². The van der Waals surface area contributed by atoms with E-state index in [0.717, 1.165) is 0 Å². The van der Waals surface area contributed by atoms with Crippen molar-refractivity contribution in [2.24, 2.45) is 0 Å². The molecular weight excluding hydrogens is 343 g/mol. The lowest BCUT2D eigenvalue weighted by molar-refractivity contribution is -0.122. The maximum Gasteiger partial charge on any atom is 0.338 e. The number of alkyl halides is 1. The molecule has 0 aromatic heterocycles. The van der Waals surface area contributed by atoms with Gasteiger partial charge in [-0.1, -0.05) is 36.4 Å². The highest BCUT2D eigenvalue weighted by Gasteiger charge is 2.47. The van der Waals surface area contributed by atoms with E-state index in [4.69, 9.17) is 14.2 Å². The van der Waals surface area contributed by atoms with Gasteiger partial charge in [0.2, 0.25) is 0 Å². The molecule has 6 nitrogen and oxygen atoms in total. The minimum atomic E-state index is -1.94. The molecule has 0 amide bonds. The SMILES string of the molecule is O=C(OC[C@@H]1O[C@H](O)[C@@H](F)C1OC(=O)c1ccccc1)c1ccccc1. The first kappa shape index (κ1) is 18.0. The molecule has 1 saturated heterocycles. The maximum absolute atomic E-state index is 14.2. The van der Waals surface area contributed by atoms with Crippen molar-refractivity contribution >= 4 is 11.9 Å². The Balaban J connectivity index is 1.63. The van der Waals surface area contributed by atoms with Crippen LogP contribution < -0.4 is 0 Å². The van der Waals surface area contributed by atoms with E-state index in [1.165, 1.54) is 12.1 Å². The largest absolute Gasteiger partial charge is 0.459 e. The molecule has 2 aromatic carbocycles.